The molecule has 0 aliphatic rings. The van der Waals surface area contributed by atoms with Crippen molar-refractivity contribution in [3.63, 3.8) is 0 Å². The fourth-order valence-electron chi connectivity index (χ4n) is 3.89. The third-order valence-corrected chi connectivity index (χ3v) is 7.08. The summed E-state index contributed by atoms with van der Waals surface area (Å²) in [5, 5.41) is 0. The lowest BCUT2D eigenvalue weighted by Gasteiger charge is -2.21. The highest BCUT2D eigenvalue weighted by Crippen LogP contribution is 2.44. The van der Waals surface area contributed by atoms with E-state index in [1.54, 1.807) is 0 Å². The minimum atomic E-state index is 1.23. The number of hydrogen-bond acceptors (Lipinski definition) is 2. The van der Waals surface area contributed by atoms with Gasteiger partial charge in [-0.2, -0.15) is 0 Å². The standard InChI is InChI=1S/C30H26S2/c1-31-29(27(23-15-7-3-8-16-23)24-17-9-4-10-18-24)30(32-2)28(25-19-11-5-12-20-25)26-21-13-6-14-22-26/h3-22H,1-2H3. The van der Waals surface area contributed by atoms with Crippen LogP contribution in [0.1, 0.15) is 22.3 Å². The molecule has 0 radical (unpaired) electrons. The number of benzene rings is 4. The van der Waals surface area contributed by atoms with Crippen molar-refractivity contribution in [2.75, 3.05) is 12.5 Å². The smallest absolute Gasteiger partial charge is 0.0296 e. The SMILES string of the molecule is CSC(C(SC)=C(c1ccccc1)c1ccccc1)=C(c1ccccc1)c1ccccc1. The summed E-state index contributed by atoms with van der Waals surface area (Å²) in [4.78, 5) is 2.58. The predicted octanol–water partition coefficient (Wildman–Crippen LogP) is 8.63. The van der Waals surface area contributed by atoms with Crippen LogP contribution in [0, 0.1) is 0 Å². The first-order valence-corrected chi connectivity index (χ1v) is 13.1. The summed E-state index contributed by atoms with van der Waals surface area (Å²) >= 11 is 3.64. The summed E-state index contributed by atoms with van der Waals surface area (Å²) in [6.07, 6.45) is 4.37. The molecule has 4 aromatic rings. The quantitative estimate of drug-likeness (QED) is 0.258. The van der Waals surface area contributed by atoms with Gasteiger partial charge in [-0.3, -0.25) is 0 Å². The molecule has 0 nitrogen and oxygen atoms in total. The molecular formula is C30H26S2. The molecule has 0 heterocycles. The van der Waals surface area contributed by atoms with Gasteiger partial charge in [0.1, 0.15) is 0 Å². The van der Waals surface area contributed by atoms with Crippen molar-refractivity contribution in [2.45, 2.75) is 0 Å². The summed E-state index contributed by atoms with van der Waals surface area (Å²) in [5.41, 5.74) is 7.47. The van der Waals surface area contributed by atoms with E-state index in [9.17, 15) is 0 Å². The van der Waals surface area contributed by atoms with Crippen molar-refractivity contribution in [1.82, 2.24) is 0 Å². The van der Waals surface area contributed by atoms with E-state index >= 15 is 0 Å². The fourth-order valence-corrected chi connectivity index (χ4v) is 5.85. The van der Waals surface area contributed by atoms with Crippen LogP contribution in [0.3, 0.4) is 0 Å². The van der Waals surface area contributed by atoms with Gasteiger partial charge in [0.2, 0.25) is 0 Å². The van der Waals surface area contributed by atoms with Crippen LogP contribution in [-0.4, -0.2) is 12.5 Å². The lowest BCUT2D eigenvalue weighted by molar-refractivity contribution is 1.51. The maximum atomic E-state index is 2.21. The van der Waals surface area contributed by atoms with Crippen LogP contribution in [0.15, 0.2) is 131 Å². The Bertz CT molecular complexity index is 1010. The summed E-state index contributed by atoms with van der Waals surface area (Å²) in [6, 6.07) is 42.9. The number of thioether (sulfide) groups is 2. The monoisotopic (exact) mass is 450 g/mol. The molecule has 0 saturated carbocycles. The molecule has 2 heteroatoms. The minimum Gasteiger partial charge on any atom is -0.128 e. The molecule has 0 aliphatic heterocycles. The molecule has 4 aromatic carbocycles. The Morgan fingerprint density at radius 2 is 0.594 bits per heavy atom. The van der Waals surface area contributed by atoms with Gasteiger partial charge in [0, 0.05) is 21.0 Å². The fraction of sp³-hybridized carbons (Fsp3) is 0.0667. The average Bonchev–Trinajstić information content (AvgIpc) is 2.88. The highest BCUT2D eigenvalue weighted by atomic mass is 32.2. The van der Waals surface area contributed by atoms with Crippen LogP contribution < -0.4 is 0 Å². The number of hydrogen-bond donors (Lipinski definition) is 0. The van der Waals surface area contributed by atoms with Gasteiger partial charge in [-0.05, 0) is 34.8 Å². The highest BCUT2D eigenvalue weighted by Gasteiger charge is 2.20. The second kappa shape index (κ2) is 11.1. The molecule has 158 valence electrons. The lowest BCUT2D eigenvalue weighted by atomic mass is 9.93. The van der Waals surface area contributed by atoms with Gasteiger partial charge in [0.25, 0.3) is 0 Å². The Morgan fingerprint density at radius 3 is 0.781 bits per heavy atom. The van der Waals surface area contributed by atoms with E-state index in [1.807, 2.05) is 23.5 Å². The first-order chi connectivity index (χ1) is 15.8. The van der Waals surface area contributed by atoms with E-state index in [1.165, 1.54) is 43.2 Å². The zero-order valence-corrected chi connectivity index (χ0v) is 20.0. The van der Waals surface area contributed by atoms with Crippen LogP contribution in [0.4, 0.5) is 0 Å². The Balaban J connectivity index is 2.09. The van der Waals surface area contributed by atoms with Crippen LogP contribution in [0.5, 0.6) is 0 Å². The van der Waals surface area contributed by atoms with Crippen molar-refractivity contribution in [1.29, 1.82) is 0 Å². The highest BCUT2D eigenvalue weighted by molar-refractivity contribution is 8.07. The molecule has 0 atom stereocenters. The summed E-state index contributed by atoms with van der Waals surface area (Å²) in [7, 11) is 0. The third kappa shape index (κ3) is 4.93. The predicted molar refractivity (Wildman–Crippen MR) is 145 cm³/mol. The molecule has 0 N–H and O–H groups in total. The Kier molecular flexibility index (Phi) is 7.71. The van der Waals surface area contributed by atoms with Gasteiger partial charge >= 0.3 is 0 Å². The van der Waals surface area contributed by atoms with Gasteiger partial charge in [0.15, 0.2) is 0 Å². The third-order valence-electron chi connectivity index (χ3n) is 5.32. The van der Waals surface area contributed by atoms with Gasteiger partial charge in [0.05, 0.1) is 0 Å². The molecule has 0 unspecified atom stereocenters. The Labute approximate surface area is 200 Å². The Morgan fingerprint density at radius 1 is 0.375 bits per heavy atom. The number of rotatable bonds is 7. The zero-order chi connectivity index (χ0) is 22.2. The van der Waals surface area contributed by atoms with Crippen LogP contribution in [-0.2, 0) is 0 Å². The maximum absolute atomic E-state index is 2.21. The lowest BCUT2D eigenvalue weighted by Crippen LogP contribution is -1.98. The second-order valence-electron chi connectivity index (χ2n) is 7.28. The summed E-state index contributed by atoms with van der Waals surface area (Å²) < 4.78 is 0. The molecule has 32 heavy (non-hydrogen) atoms. The molecule has 0 aliphatic carbocycles. The summed E-state index contributed by atoms with van der Waals surface area (Å²) in [5.74, 6) is 0. The van der Waals surface area contributed by atoms with Crippen LogP contribution >= 0.6 is 23.5 Å². The van der Waals surface area contributed by atoms with E-state index in [2.05, 4.69) is 134 Å². The molecule has 4 rings (SSSR count). The minimum absolute atomic E-state index is 1.23. The molecule has 0 spiro atoms. The van der Waals surface area contributed by atoms with Crippen LogP contribution in [0.2, 0.25) is 0 Å². The molecule has 0 fully saturated rings. The molecule has 0 amide bonds. The Hall–Kier alpha value is -2.94. The van der Waals surface area contributed by atoms with Crippen molar-refractivity contribution in [2.24, 2.45) is 0 Å². The largest absolute Gasteiger partial charge is 0.128 e. The van der Waals surface area contributed by atoms with Gasteiger partial charge in [-0.15, -0.1) is 23.5 Å². The first-order valence-electron chi connectivity index (χ1n) is 10.6. The first kappa shape index (κ1) is 22.3. The van der Waals surface area contributed by atoms with Crippen molar-refractivity contribution < 1.29 is 0 Å². The van der Waals surface area contributed by atoms with Crippen molar-refractivity contribution >= 4 is 34.7 Å². The van der Waals surface area contributed by atoms with E-state index in [0.717, 1.165) is 0 Å². The normalized spacial score (nSPS) is 10.4. The van der Waals surface area contributed by atoms with Gasteiger partial charge in [-0.1, -0.05) is 121 Å². The van der Waals surface area contributed by atoms with E-state index in [0.29, 0.717) is 0 Å². The molecule has 0 aromatic heterocycles. The molecule has 0 bridgehead atoms. The van der Waals surface area contributed by atoms with Gasteiger partial charge in [-0.25, -0.2) is 0 Å². The van der Waals surface area contributed by atoms with E-state index in [-0.39, 0.29) is 0 Å². The maximum Gasteiger partial charge on any atom is 0.0296 e. The van der Waals surface area contributed by atoms with Crippen LogP contribution in [0.25, 0.3) is 11.1 Å². The van der Waals surface area contributed by atoms with Crippen molar-refractivity contribution in [3.05, 3.63) is 153 Å². The summed E-state index contributed by atoms with van der Waals surface area (Å²) in [6.45, 7) is 0. The molecule has 0 saturated heterocycles. The van der Waals surface area contributed by atoms with E-state index in [4.69, 9.17) is 0 Å². The average molecular weight is 451 g/mol. The second-order valence-corrected chi connectivity index (χ2v) is 8.91. The van der Waals surface area contributed by atoms with Crippen molar-refractivity contribution in [3.8, 4) is 0 Å². The molecular weight excluding hydrogens is 424 g/mol. The zero-order valence-electron chi connectivity index (χ0n) is 18.4. The van der Waals surface area contributed by atoms with E-state index < -0.39 is 0 Å². The topological polar surface area (TPSA) is 0 Å². The van der Waals surface area contributed by atoms with Gasteiger partial charge < -0.3 is 0 Å².